The number of rotatable bonds is 2. The van der Waals surface area contributed by atoms with Gasteiger partial charge in [0.1, 0.15) is 5.92 Å². The van der Waals surface area contributed by atoms with Crippen molar-refractivity contribution in [3.8, 4) is 0 Å². The fourth-order valence-corrected chi connectivity index (χ4v) is 3.23. The minimum Gasteiger partial charge on any atom is -0.472 e. The third-order valence-corrected chi connectivity index (χ3v) is 4.15. The van der Waals surface area contributed by atoms with Crippen LogP contribution in [0.3, 0.4) is 0 Å². The van der Waals surface area contributed by atoms with Crippen molar-refractivity contribution in [3.63, 3.8) is 0 Å². The van der Waals surface area contributed by atoms with Gasteiger partial charge in [-0.05, 0) is 6.07 Å². The zero-order chi connectivity index (χ0) is 19.6. The summed E-state index contributed by atoms with van der Waals surface area (Å²) in [7, 11) is -4.94. The van der Waals surface area contributed by atoms with E-state index in [1.165, 1.54) is 0 Å². The smallest absolute Gasteiger partial charge is 0.274 e. The molecule has 9 nitrogen and oxygen atoms in total. The molecule has 0 spiro atoms. The lowest BCUT2D eigenvalue weighted by molar-refractivity contribution is -2.00. The van der Waals surface area contributed by atoms with Gasteiger partial charge >= 0.3 is 0 Å². The Kier molecular flexibility index (Phi) is 5.22. The molecular weight excluding hydrogens is 380 g/mol. The fourth-order valence-electron chi connectivity index (χ4n) is 3.23. The molecule has 0 aliphatic carbocycles. The minimum absolute atomic E-state index is 0.166. The average molecular weight is 393 g/mol. The summed E-state index contributed by atoms with van der Waals surface area (Å²) in [5, 5.41) is 11.5. The first-order valence-corrected chi connectivity index (χ1v) is 8.87. The quantitative estimate of drug-likeness (QED) is 0.223. The first kappa shape index (κ1) is 19.0. The first-order valence-electron chi connectivity index (χ1n) is 7.64. The normalized spacial score (nSPS) is 15.2. The van der Waals surface area contributed by atoms with E-state index in [9.17, 15) is 10.1 Å². The second-order valence-corrected chi connectivity index (χ2v) is 6.48. The van der Waals surface area contributed by atoms with Gasteiger partial charge in [0.05, 0.1) is 23.0 Å². The number of hydrogen-bond acceptors (Lipinski definition) is 7. The molecule has 2 aromatic heterocycles. The van der Waals surface area contributed by atoms with E-state index in [4.69, 9.17) is 23.1 Å². The van der Waals surface area contributed by atoms with Gasteiger partial charge in [-0.15, -0.1) is 10.2 Å². The van der Waals surface area contributed by atoms with E-state index in [-0.39, 0.29) is 16.5 Å². The summed E-state index contributed by atoms with van der Waals surface area (Å²) >= 11 is 0. The molecule has 27 heavy (non-hydrogen) atoms. The van der Waals surface area contributed by atoms with Gasteiger partial charge in [-0.2, -0.15) is 4.57 Å². The minimum atomic E-state index is -4.94. The molecule has 0 fully saturated rings. The second kappa shape index (κ2) is 7.43. The number of aromatic nitrogens is 1. The summed E-state index contributed by atoms with van der Waals surface area (Å²) in [6.07, 6.45) is 5.27. The molecule has 0 amide bonds. The van der Waals surface area contributed by atoms with Crippen molar-refractivity contribution in [1.29, 1.82) is 0 Å². The van der Waals surface area contributed by atoms with Gasteiger partial charge in [0, 0.05) is 29.3 Å². The molecule has 0 saturated heterocycles. The number of furan rings is 1. The second-order valence-electron chi connectivity index (χ2n) is 5.73. The third-order valence-electron chi connectivity index (χ3n) is 4.15. The molecule has 1 unspecified atom stereocenters. The number of benzene rings is 1. The topological polar surface area (TPSA) is 152 Å². The lowest BCUT2D eigenvalue weighted by Crippen LogP contribution is -2.68. The van der Waals surface area contributed by atoms with Gasteiger partial charge in [0.25, 0.3) is 5.69 Å². The first-order chi connectivity index (χ1) is 12.8. The van der Waals surface area contributed by atoms with Crippen LogP contribution >= 0.6 is 0 Å². The summed E-state index contributed by atoms with van der Waals surface area (Å²) in [6.45, 7) is 0.640. The van der Waals surface area contributed by atoms with Crippen LogP contribution in [0.4, 0.5) is 5.69 Å². The van der Waals surface area contributed by atoms with E-state index in [1.54, 1.807) is 24.7 Å². The highest BCUT2D eigenvalue weighted by atomic mass is 35.7. The van der Waals surface area contributed by atoms with Crippen LogP contribution < -0.4 is 23.2 Å². The third kappa shape index (κ3) is 4.30. The lowest BCUT2D eigenvalue weighted by Gasteiger charge is -2.22. The molecule has 10 heteroatoms. The fraction of sp³-hybridized carbons (Fsp3) is 0.118. The van der Waals surface area contributed by atoms with Crippen LogP contribution in [0.15, 0.2) is 65.6 Å². The summed E-state index contributed by atoms with van der Waals surface area (Å²) in [5.41, 5.74) is 3.86. The Balaban J connectivity index is 0.000000376. The van der Waals surface area contributed by atoms with E-state index in [2.05, 4.69) is 4.57 Å². The Morgan fingerprint density at radius 3 is 2.44 bits per heavy atom. The van der Waals surface area contributed by atoms with Crippen LogP contribution in [0.25, 0.3) is 0 Å². The van der Waals surface area contributed by atoms with E-state index in [0.29, 0.717) is 6.54 Å². The summed E-state index contributed by atoms with van der Waals surface area (Å²) in [5.74, 6) is -0.190. The Labute approximate surface area is 155 Å². The molecule has 1 atom stereocenters. The number of fused-ring (bicyclic) bond motifs is 2. The summed E-state index contributed by atoms with van der Waals surface area (Å²) in [6, 6.07) is 13.1. The molecule has 4 rings (SSSR count). The van der Waals surface area contributed by atoms with Crippen LogP contribution in [-0.4, -0.2) is 4.92 Å². The Morgan fingerprint density at radius 1 is 1.07 bits per heavy atom. The van der Waals surface area contributed by atoms with E-state index >= 15 is 0 Å². The maximum Gasteiger partial charge on any atom is 0.274 e. The number of hydrogen-bond donors (Lipinski definition) is 0. The molecule has 1 aliphatic heterocycles. The number of pyridine rings is 1. The van der Waals surface area contributed by atoms with E-state index in [1.807, 2.05) is 36.5 Å². The zero-order valence-electron chi connectivity index (χ0n) is 13.7. The number of nitro benzene ring substituents is 1. The van der Waals surface area contributed by atoms with Crippen molar-refractivity contribution in [2.45, 2.75) is 12.5 Å². The van der Waals surface area contributed by atoms with Crippen LogP contribution in [0, 0.1) is 20.4 Å². The van der Waals surface area contributed by atoms with E-state index in [0.717, 1.165) is 22.4 Å². The SMILES string of the molecule is O=[N+]([O-])c1cccc2c1C(c1ccoc1)c1cccc[n+]1C2.[O-][Cl+3]([O-])([O-])[O-]. The van der Waals surface area contributed by atoms with E-state index < -0.39 is 10.2 Å². The number of halogens is 1. The molecule has 1 aromatic carbocycles. The Bertz CT molecular complexity index is 948. The van der Waals surface area contributed by atoms with Crippen molar-refractivity contribution in [3.05, 3.63) is 93.7 Å². The lowest BCUT2D eigenvalue weighted by atomic mass is 9.82. The molecule has 1 aliphatic rings. The molecule has 3 heterocycles. The van der Waals surface area contributed by atoms with Crippen LogP contribution in [0.5, 0.6) is 0 Å². The summed E-state index contributed by atoms with van der Waals surface area (Å²) < 4.78 is 41.3. The van der Waals surface area contributed by atoms with Gasteiger partial charge in [-0.3, -0.25) is 10.1 Å². The predicted octanol–water partition coefficient (Wildman–Crippen LogP) is -1.74. The molecule has 0 N–H and O–H groups in total. The molecule has 3 aromatic rings. The maximum atomic E-state index is 11.5. The van der Waals surface area contributed by atoms with Gasteiger partial charge in [0.2, 0.25) is 0 Å². The zero-order valence-corrected chi connectivity index (χ0v) is 14.4. The monoisotopic (exact) mass is 392 g/mol. The van der Waals surface area contributed by atoms with Crippen molar-refractivity contribution >= 4 is 5.69 Å². The van der Waals surface area contributed by atoms with Crippen LogP contribution in [0.1, 0.15) is 28.3 Å². The standard InChI is InChI=1S/C17H13N2O3.ClHO4/c20-19(21)15-6-3-4-12-10-18-8-2-1-5-14(18)17(16(12)15)13-7-9-22-11-13;2-1(3,4)5/h1-9,11,17H,10H2;(H,2,3,4,5)/q+1;/p-1. The highest BCUT2D eigenvalue weighted by Gasteiger charge is 2.38. The molecule has 140 valence electrons. The van der Waals surface area contributed by atoms with Gasteiger partial charge in [0.15, 0.2) is 18.4 Å². The van der Waals surface area contributed by atoms with Crippen LogP contribution in [0.2, 0.25) is 0 Å². The molecule has 0 saturated carbocycles. The molecule has 0 bridgehead atoms. The van der Waals surface area contributed by atoms with Gasteiger partial charge < -0.3 is 4.42 Å². The average Bonchev–Trinajstić information content (AvgIpc) is 3.11. The maximum absolute atomic E-state index is 11.5. The van der Waals surface area contributed by atoms with Crippen molar-refractivity contribution in [2.75, 3.05) is 0 Å². The number of nitro groups is 1. The van der Waals surface area contributed by atoms with Crippen molar-refractivity contribution < 1.29 is 42.8 Å². The Hall–Kier alpha value is -2.82. The predicted molar refractivity (Wildman–Crippen MR) is 78.5 cm³/mol. The molecular formula is C17H13ClN2O7. The highest BCUT2D eigenvalue weighted by molar-refractivity contribution is 5.54. The Morgan fingerprint density at radius 2 is 1.81 bits per heavy atom. The highest BCUT2D eigenvalue weighted by Crippen LogP contribution is 2.40. The summed E-state index contributed by atoms with van der Waals surface area (Å²) in [4.78, 5) is 11.2. The van der Waals surface area contributed by atoms with Gasteiger partial charge in [-0.1, -0.05) is 18.2 Å². The van der Waals surface area contributed by atoms with Gasteiger partial charge in [-0.25, -0.2) is 18.6 Å². The largest absolute Gasteiger partial charge is 0.472 e. The number of nitrogens with zero attached hydrogens (tertiary/aromatic N) is 2. The van der Waals surface area contributed by atoms with Crippen molar-refractivity contribution in [1.82, 2.24) is 0 Å². The molecule has 0 radical (unpaired) electrons. The van der Waals surface area contributed by atoms with Crippen LogP contribution in [-0.2, 0) is 6.54 Å². The van der Waals surface area contributed by atoms with Crippen molar-refractivity contribution in [2.24, 2.45) is 0 Å².